The van der Waals surface area contributed by atoms with Crippen molar-refractivity contribution in [3.8, 4) is 17.3 Å². The largest absolute Gasteiger partial charge is 0.494 e. The third kappa shape index (κ3) is 2.43. The topological polar surface area (TPSA) is 67.9 Å². The third-order valence-corrected chi connectivity index (χ3v) is 3.32. The third-order valence-electron chi connectivity index (χ3n) is 3.32. The average molecular weight is 299 g/mol. The first-order valence-electron chi connectivity index (χ1n) is 6.71. The number of nitrogens with one attached hydrogen (secondary N) is 1. The van der Waals surface area contributed by atoms with Crippen LogP contribution in [-0.2, 0) is 0 Å². The monoisotopic (exact) mass is 299 g/mol. The van der Waals surface area contributed by atoms with Crippen LogP contribution in [0.25, 0.3) is 22.4 Å². The fourth-order valence-electron chi connectivity index (χ4n) is 2.38. The number of methoxy groups -OCH3 is 1. The van der Waals surface area contributed by atoms with Crippen molar-refractivity contribution in [2.75, 3.05) is 7.11 Å². The molecule has 6 heteroatoms. The average Bonchev–Trinajstić information content (AvgIpc) is 2.45. The van der Waals surface area contributed by atoms with Crippen LogP contribution < -0.4 is 10.3 Å². The molecule has 1 aromatic carbocycles. The molecule has 0 aliphatic rings. The van der Waals surface area contributed by atoms with E-state index in [-0.39, 0.29) is 22.2 Å². The van der Waals surface area contributed by atoms with Gasteiger partial charge in [0.25, 0.3) is 5.56 Å². The zero-order chi connectivity index (χ0) is 15.9. The van der Waals surface area contributed by atoms with Gasteiger partial charge in [-0.2, -0.15) is 0 Å². The summed E-state index contributed by atoms with van der Waals surface area (Å²) < 4.78 is 18.7. The number of ether oxygens (including phenoxy) is 1. The van der Waals surface area contributed by atoms with Crippen LogP contribution in [0.4, 0.5) is 4.39 Å². The molecule has 0 bridgehead atoms. The number of aromatic nitrogens is 3. The number of halogens is 1. The van der Waals surface area contributed by atoms with Gasteiger partial charge in [-0.1, -0.05) is 0 Å². The van der Waals surface area contributed by atoms with Crippen molar-refractivity contribution in [1.29, 1.82) is 0 Å². The smallest absolute Gasteiger partial charge is 0.259 e. The van der Waals surface area contributed by atoms with Gasteiger partial charge >= 0.3 is 0 Å². The Labute approximate surface area is 125 Å². The Bertz CT molecular complexity index is 914. The van der Waals surface area contributed by atoms with Gasteiger partial charge in [0.15, 0.2) is 17.4 Å². The van der Waals surface area contributed by atoms with E-state index in [0.29, 0.717) is 11.5 Å². The second kappa shape index (κ2) is 5.22. The Morgan fingerprint density at radius 3 is 2.59 bits per heavy atom. The minimum atomic E-state index is -0.563. The molecule has 5 nitrogen and oxygen atoms in total. The highest BCUT2D eigenvalue weighted by atomic mass is 19.1. The molecule has 0 fully saturated rings. The predicted octanol–water partition coefficient (Wildman–Crippen LogP) is 2.75. The Balaban J connectivity index is 2.27. The Morgan fingerprint density at radius 2 is 1.91 bits per heavy atom. The van der Waals surface area contributed by atoms with E-state index in [1.807, 2.05) is 26.0 Å². The maximum absolute atomic E-state index is 13.8. The summed E-state index contributed by atoms with van der Waals surface area (Å²) >= 11 is 0. The van der Waals surface area contributed by atoms with E-state index in [4.69, 9.17) is 4.74 Å². The number of H-pyrrole nitrogens is 1. The quantitative estimate of drug-likeness (QED) is 0.790. The first-order chi connectivity index (χ1) is 10.5. The second-order valence-electron chi connectivity index (χ2n) is 5.09. The summed E-state index contributed by atoms with van der Waals surface area (Å²) in [6.07, 6.45) is 0. The minimum Gasteiger partial charge on any atom is -0.494 e. The normalized spacial score (nSPS) is 10.9. The summed E-state index contributed by atoms with van der Waals surface area (Å²) in [6.45, 7) is 3.79. The molecule has 0 amide bonds. The van der Waals surface area contributed by atoms with Crippen LogP contribution in [0.3, 0.4) is 0 Å². The van der Waals surface area contributed by atoms with Gasteiger partial charge in [-0.05, 0) is 37.6 Å². The van der Waals surface area contributed by atoms with Crippen molar-refractivity contribution in [2.24, 2.45) is 0 Å². The maximum atomic E-state index is 13.8. The zero-order valence-electron chi connectivity index (χ0n) is 12.4. The Kier molecular flexibility index (Phi) is 3.36. The van der Waals surface area contributed by atoms with Crippen LogP contribution in [-0.4, -0.2) is 22.1 Å². The summed E-state index contributed by atoms with van der Waals surface area (Å²) in [5.74, 6) is -0.238. The molecule has 0 spiro atoms. The molecule has 0 saturated carbocycles. The van der Waals surface area contributed by atoms with E-state index >= 15 is 0 Å². The first-order valence-corrected chi connectivity index (χ1v) is 6.71. The van der Waals surface area contributed by atoms with Crippen LogP contribution >= 0.6 is 0 Å². The van der Waals surface area contributed by atoms with Gasteiger partial charge in [0.2, 0.25) is 0 Å². The standard InChI is InChI=1S/C16H14FN3O2/c1-8-4-9(2)18-13(5-8)15-19-12-7-11(17)14(22-3)6-10(12)16(21)20-15/h4-7H,1-3H3,(H,19,20,21). The predicted molar refractivity (Wildman–Crippen MR) is 81.6 cm³/mol. The summed E-state index contributed by atoms with van der Waals surface area (Å²) in [6, 6.07) is 6.27. The molecular formula is C16H14FN3O2. The first kappa shape index (κ1) is 14.2. The van der Waals surface area contributed by atoms with Crippen LogP contribution in [0, 0.1) is 19.7 Å². The molecule has 3 aromatic rings. The van der Waals surface area contributed by atoms with Crippen LogP contribution in [0.5, 0.6) is 5.75 Å². The Morgan fingerprint density at radius 1 is 1.14 bits per heavy atom. The highest BCUT2D eigenvalue weighted by molar-refractivity contribution is 5.81. The zero-order valence-corrected chi connectivity index (χ0v) is 12.4. The fraction of sp³-hybridized carbons (Fsp3) is 0.188. The van der Waals surface area contributed by atoms with E-state index in [1.165, 1.54) is 19.2 Å². The lowest BCUT2D eigenvalue weighted by Gasteiger charge is -2.07. The number of aromatic amines is 1. The molecular weight excluding hydrogens is 285 g/mol. The lowest BCUT2D eigenvalue weighted by molar-refractivity contribution is 0.387. The van der Waals surface area contributed by atoms with Gasteiger partial charge in [-0.3, -0.25) is 4.79 Å². The van der Waals surface area contributed by atoms with Crippen molar-refractivity contribution < 1.29 is 9.13 Å². The fourth-order valence-corrected chi connectivity index (χ4v) is 2.38. The summed E-state index contributed by atoms with van der Waals surface area (Å²) in [5.41, 5.74) is 2.27. The van der Waals surface area contributed by atoms with E-state index in [0.717, 1.165) is 11.3 Å². The van der Waals surface area contributed by atoms with Gasteiger partial charge in [0.1, 0.15) is 5.69 Å². The summed E-state index contributed by atoms with van der Waals surface area (Å²) in [4.78, 5) is 23.6. The second-order valence-corrected chi connectivity index (χ2v) is 5.09. The van der Waals surface area contributed by atoms with Gasteiger partial charge in [0, 0.05) is 11.8 Å². The number of hydrogen-bond acceptors (Lipinski definition) is 4. The van der Waals surface area contributed by atoms with Crippen LogP contribution in [0.2, 0.25) is 0 Å². The highest BCUT2D eigenvalue weighted by Crippen LogP contribution is 2.23. The molecule has 112 valence electrons. The van der Waals surface area contributed by atoms with Crippen molar-refractivity contribution in [3.63, 3.8) is 0 Å². The molecule has 0 saturated heterocycles. The number of fused-ring (bicyclic) bond motifs is 1. The van der Waals surface area contributed by atoms with E-state index < -0.39 is 5.82 Å². The van der Waals surface area contributed by atoms with Crippen LogP contribution in [0.1, 0.15) is 11.3 Å². The molecule has 0 unspecified atom stereocenters. The van der Waals surface area contributed by atoms with Crippen molar-refractivity contribution in [3.05, 3.63) is 51.7 Å². The molecule has 2 aromatic heterocycles. The number of pyridine rings is 1. The molecule has 0 aliphatic carbocycles. The molecule has 0 atom stereocenters. The number of rotatable bonds is 2. The molecule has 2 heterocycles. The van der Waals surface area contributed by atoms with Crippen LogP contribution in [0.15, 0.2) is 29.1 Å². The van der Waals surface area contributed by atoms with Crippen molar-refractivity contribution in [1.82, 2.24) is 15.0 Å². The van der Waals surface area contributed by atoms with Gasteiger partial charge in [-0.15, -0.1) is 0 Å². The number of aryl methyl sites for hydroxylation is 2. The number of nitrogens with zero attached hydrogens (tertiary/aromatic N) is 2. The lowest BCUT2D eigenvalue weighted by Crippen LogP contribution is -2.11. The van der Waals surface area contributed by atoms with E-state index in [9.17, 15) is 9.18 Å². The SMILES string of the molecule is COc1cc2c(=O)[nH]c(-c3cc(C)cc(C)n3)nc2cc1F. The molecule has 0 radical (unpaired) electrons. The molecule has 3 rings (SSSR count). The molecule has 1 N–H and O–H groups in total. The number of benzene rings is 1. The minimum absolute atomic E-state index is 0.0112. The molecule has 0 aliphatic heterocycles. The maximum Gasteiger partial charge on any atom is 0.259 e. The van der Waals surface area contributed by atoms with Gasteiger partial charge in [-0.25, -0.2) is 14.4 Å². The summed E-state index contributed by atoms with van der Waals surface area (Å²) in [5, 5.41) is 0.270. The Hall–Kier alpha value is -2.76. The van der Waals surface area contributed by atoms with Gasteiger partial charge in [0.05, 0.1) is 18.0 Å². The van der Waals surface area contributed by atoms with E-state index in [2.05, 4.69) is 15.0 Å². The highest BCUT2D eigenvalue weighted by Gasteiger charge is 2.12. The van der Waals surface area contributed by atoms with Gasteiger partial charge < -0.3 is 9.72 Å². The lowest BCUT2D eigenvalue weighted by atomic mass is 10.2. The molecule has 22 heavy (non-hydrogen) atoms. The number of hydrogen-bond donors (Lipinski definition) is 1. The van der Waals surface area contributed by atoms with Crippen molar-refractivity contribution in [2.45, 2.75) is 13.8 Å². The summed E-state index contributed by atoms with van der Waals surface area (Å²) in [7, 11) is 1.35. The van der Waals surface area contributed by atoms with Crippen molar-refractivity contribution >= 4 is 10.9 Å². The van der Waals surface area contributed by atoms with E-state index in [1.54, 1.807) is 0 Å².